The van der Waals surface area contributed by atoms with Crippen molar-refractivity contribution in [2.24, 2.45) is 0 Å². The molecule has 5 heteroatoms. The highest BCUT2D eigenvalue weighted by Crippen LogP contribution is 2.15. The number of aromatic nitrogens is 1. The van der Waals surface area contributed by atoms with E-state index in [0.717, 1.165) is 12.2 Å². The van der Waals surface area contributed by atoms with E-state index in [0.29, 0.717) is 23.0 Å². The highest BCUT2D eigenvalue weighted by atomic mass is 35.5. The topological polar surface area (TPSA) is 51.2 Å². The molecule has 122 valence electrons. The van der Waals surface area contributed by atoms with Crippen molar-refractivity contribution in [3.8, 4) is 5.75 Å². The number of benzene rings is 1. The average Bonchev–Trinajstić information content (AvgIpc) is 2.57. The minimum absolute atomic E-state index is 0.214. The zero-order chi connectivity index (χ0) is 16.5. The van der Waals surface area contributed by atoms with Gasteiger partial charge in [-0.2, -0.15) is 0 Å². The lowest BCUT2D eigenvalue weighted by molar-refractivity contribution is 0.102. The van der Waals surface area contributed by atoms with E-state index in [-0.39, 0.29) is 5.91 Å². The maximum Gasteiger partial charge on any atom is 0.256 e. The number of unbranched alkanes of at least 4 members (excludes halogenated alkanes) is 3. The number of nitrogens with zero attached hydrogens (tertiary/aromatic N) is 1. The molecule has 1 aromatic heterocycles. The van der Waals surface area contributed by atoms with E-state index in [4.69, 9.17) is 16.3 Å². The molecule has 1 amide bonds. The van der Waals surface area contributed by atoms with Gasteiger partial charge in [0.25, 0.3) is 5.91 Å². The number of rotatable bonds is 8. The third-order valence-electron chi connectivity index (χ3n) is 3.35. The SMILES string of the molecule is CCCCCCOc1ccc(C(=O)Nc2ccc(Cl)cn2)cc1. The monoisotopic (exact) mass is 332 g/mol. The molecule has 1 heterocycles. The lowest BCUT2D eigenvalue weighted by Gasteiger charge is -2.07. The lowest BCUT2D eigenvalue weighted by Crippen LogP contribution is -2.12. The predicted octanol–water partition coefficient (Wildman–Crippen LogP) is 4.95. The Bertz CT molecular complexity index is 612. The molecule has 0 radical (unpaired) electrons. The maximum absolute atomic E-state index is 12.1. The standard InChI is InChI=1S/C18H21ClN2O2/c1-2-3-4-5-12-23-16-9-6-14(7-10-16)18(22)21-17-11-8-15(19)13-20-17/h6-11,13H,2-5,12H2,1H3,(H,20,21,22). The summed E-state index contributed by atoms with van der Waals surface area (Å²) in [5.41, 5.74) is 0.556. The molecule has 0 aliphatic heterocycles. The second-order valence-corrected chi connectivity index (χ2v) is 5.69. The molecular formula is C18H21ClN2O2. The van der Waals surface area contributed by atoms with Crippen LogP contribution >= 0.6 is 11.6 Å². The molecule has 0 saturated heterocycles. The Kier molecular flexibility index (Phi) is 6.88. The summed E-state index contributed by atoms with van der Waals surface area (Å²) >= 11 is 5.76. The molecule has 0 atom stereocenters. The van der Waals surface area contributed by atoms with E-state index < -0.39 is 0 Å². The Hall–Kier alpha value is -2.07. The third kappa shape index (κ3) is 5.91. The van der Waals surface area contributed by atoms with Crippen molar-refractivity contribution in [3.05, 3.63) is 53.2 Å². The van der Waals surface area contributed by atoms with Gasteiger partial charge < -0.3 is 10.1 Å². The van der Waals surface area contributed by atoms with Crippen LogP contribution in [0.15, 0.2) is 42.6 Å². The van der Waals surface area contributed by atoms with Crippen LogP contribution in [-0.2, 0) is 0 Å². The number of halogens is 1. The first-order valence-electron chi connectivity index (χ1n) is 7.85. The molecule has 0 aliphatic carbocycles. The fraction of sp³-hybridized carbons (Fsp3) is 0.333. The fourth-order valence-corrected chi connectivity index (χ4v) is 2.17. The van der Waals surface area contributed by atoms with Crippen molar-refractivity contribution in [2.45, 2.75) is 32.6 Å². The first-order chi connectivity index (χ1) is 11.2. The molecule has 0 bridgehead atoms. The van der Waals surface area contributed by atoms with Crippen LogP contribution in [-0.4, -0.2) is 17.5 Å². The molecule has 4 nitrogen and oxygen atoms in total. The minimum Gasteiger partial charge on any atom is -0.494 e. The molecule has 0 fully saturated rings. The first kappa shape index (κ1) is 17.3. The summed E-state index contributed by atoms with van der Waals surface area (Å²) in [5, 5.41) is 3.25. The van der Waals surface area contributed by atoms with Gasteiger partial charge in [-0.1, -0.05) is 37.8 Å². The largest absolute Gasteiger partial charge is 0.494 e. The molecule has 0 aliphatic rings. The Morgan fingerprint density at radius 2 is 1.91 bits per heavy atom. The van der Waals surface area contributed by atoms with Crippen molar-refractivity contribution < 1.29 is 9.53 Å². The molecule has 0 unspecified atom stereocenters. The molecule has 23 heavy (non-hydrogen) atoms. The summed E-state index contributed by atoms with van der Waals surface area (Å²) in [7, 11) is 0. The Morgan fingerprint density at radius 1 is 1.13 bits per heavy atom. The number of nitrogens with one attached hydrogen (secondary N) is 1. The van der Waals surface area contributed by atoms with Crippen LogP contribution in [0.5, 0.6) is 5.75 Å². The highest BCUT2D eigenvalue weighted by Gasteiger charge is 2.07. The molecule has 2 rings (SSSR count). The van der Waals surface area contributed by atoms with E-state index >= 15 is 0 Å². The molecule has 0 saturated carbocycles. The third-order valence-corrected chi connectivity index (χ3v) is 3.58. The summed E-state index contributed by atoms with van der Waals surface area (Å²) in [4.78, 5) is 16.2. The number of pyridine rings is 1. The second kappa shape index (κ2) is 9.16. The van der Waals surface area contributed by atoms with Crippen molar-refractivity contribution in [1.29, 1.82) is 0 Å². The number of carbonyl (C=O) groups is 1. The number of ether oxygens (including phenoxy) is 1. The Balaban J connectivity index is 1.83. The Labute approximate surface area is 141 Å². The molecular weight excluding hydrogens is 312 g/mol. The normalized spacial score (nSPS) is 10.3. The summed E-state index contributed by atoms with van der Waals surface area (Å²) in [5.74, 6) is 1.03. The summed E-state index contributed by atoms with van der Waals surface area (Å²) in [6.07, 6.45) is 6.18. The van der Waals surface area contributed by atoms with Gasteiger partial charge in [0.2, 0.25) is 0 Å². The van der Waals surface area contributed by atoms with Gasteiger partial charge in [0.1, 0.15) is 11.6 Å². The van der Waals surface area contributed by atoms with E-state index in [9.17, 15) is 4.79 Å². The maximum atomic E-state index is 12.1. The Morgan fingerprint density at radius 3 is 2.57 bits per heavy atom. The minimum atomic E-state index is -0.214. The smallest absolute Gasteiger partial charge is 0.256 e. The van der Waals surface area contributed by atoms with Crippen LogP contribution in [0.2, 0.25) is 5.02 Å². The van der Waals surface area contributed by atoms with Crippen LogP contribution < -0.4 is 10.1 Å². The van der Waals surface area contributed by atoms with E-state index in [1.54, 1.807) is 24.3 Å². The van der Waals surface area contributed by atoms with Crippen LogP contribution in [0.25, 0.3) is 0 Å². The first-order valence-corrected chi connectivity index (χ1v) is 8.22. The highest BCUT2D eigenvalue weighted by molar-refractivity contribution is 6.30. The van der Waals surface area contributed by atoms with Crippen LogP contribution in [0.1, 0.15) is 43.0 Å². The zero-order valence-corrected chi connectivity index (χ0v) is 14.0. The van der Waals surface area contributed by atoms with Gasteiger partial charge in [0.15, 0.2) is 0 Å². The van der Waals surface area contributed by atoms with Crippen molar-refractivity contribution in [3.63, 3.8) is 0 Å². The van der Waals surface area contributed by atoms with E-state index in [1.807, 2.05) is 12.1 Å². The van der Waals surface area contributed by atoms with Crippen molar-refractivity contribution in [2.75, 3.05) is 11.9 Å². The van der Waals surface area contributed by atoms with Crippen LogP contribution in [0.3, 0.4) is 0 Å². The quantitative estimate of drug-likeness (QED) is 0.696. The number of hydrogen-bond acceptors (Lipinski definition) is 3. The number of anilines is 1. The van der Waals surface area contributed by atoms with Gasteiger partial charge >= 0.3 is 0 Å². The van der Waals surface area contributed by atoms with E-state index in [1.165, 1.54) is 25.5 Å². The van der Waals surface area contributed by atoms with E-state index in [2.05, 4.69) is 17.2 Å². The molecule has 1 aromatic carbocycles. The predicted molar refractivity (Wildman–Crippen MR) is 93.3 cm³/mol. The lowest BCUT2D eigenvalue weighted by atomic mass is 10.2. The van der Waals surface area contributed by atoms with Gasteiger partial charge in [-0.15, -0.1) is 0 Å². The summed E-state index contributed by atoms with van der Waals surface area (Å²) in [6, 6.07) is 10.4. The molecule has 2 aromatic rings. The summed E-state index contributed by atoms with van der Waals surface area (Å²) < 4.78 is 5.66. The summed E-state index contributed by atoms with van der Waals surface area (Å²) in [6.45, 7) is 2.89. The van der Waals surface area contributed by atoms with Crippen molar-refractivity contribution in [1.82, 2.24) is 4.98 Å². The molecule has 1 N–H and O–H groups in total. The van der Waals surface area contributed by atoms with Crippen LogP contribution in [0, 0.1) is 0 Å². The van der Waals surface area contributed by atoms with Crippen LogP contribution in [0.4, 0.5) is 5.82 Å². The van der Waals surface area contributed by atoms with Gasteiger partial charge in [0.05, 0.1) is 11.6 Å². The van der Waals surface area contributed by atoms with Gasteiger partial charge in [-0.05, 0) is 42.8 Å². The van der Waals surface area contributed by atoms with Crippen molar-refractivity contribution >= 4 is 23.3 Å². The zero-order valence-electron chi connectivity index (χ0n) is 13.2. The fourth-order valence-electron chi connectivity index (χ4n) is 2.06. The van der Waals surface area contributed by atoms with Gasteiger partial charge in [-0.3, -0.25) is 4.79 Å². The number of amides is 1. The second-order valence-electron chi connectivity index (χ2n) is 5.25. The number of carbonyl (C=O) groups excluding carboxylic acids is 1. The van der Waals surface area contributed by atoms with Gasteiger partial charge in [-0.25, -0.2) is 4.98 Å². The average molecular weight is 333 g/mol. The van der Waals surface area contributed by atoms with Gasteiger partial charge in [0, 0.05) is 11.8 Å². The molecule has 0 spiro atoms. The number of hydrogen-bond donors (Lipinski definition) is 1.